The molecule has 4 nitrogen and oxygen atoms in total. The minimum Gasteiger partial charge on any atom is -0.507 e. The van der Waals surface area contributed by atoms with Gasteiger partial charge in [0.15, 0.2) is 0 Å². The number of phenolic OH excluding ortho intramolecular Hbond substituents is 1. The Hall–Kier alpha value is -2.10. The van der Waals surface area contributed by atoms with Gasteiger partial charge in [-0.05, 0) is 44.2 Å². The zero-order valence-electron chi connectivity index (χ0n) is 18.1. The maximum absolute atomic E-state index is 11.9. The second-order valence-corrected chi connectivity index (χ2v) is 7.73. The van der Waals surface area contributed by atoms with Crippen molar-refractivity contribution in [3.05, 3.63) is 42.0 Å². The minimum absolute atomic E-state index is 0.112. The number of phenols is 1. The van der Waals surface area contributed by atoms with Crippen LogP contribution in [0.5, 0.6) is 5.75 Å². The van der Waals surface area contributed by atoms with Gasteiger partial charge in [0.05, 0.1) is 5.56 Å². The number of carbonyl (C=O) groups is 2. The van der Waals surface area contributed by atoms with E-state index in [0.717, 1.165) is 25.7 Å². The number of para-hydroxylation sites is 1. The molecule has 0 saturated heterocycles. The topological polar surface area (TPSA) is 66.4 Å². The van der Waals surface area contributed by atoms with Gasteiger partial charge in [-0.2, -0.15) is 0 Å². The van der Waals surface area contributed by atoms with Crippen LogP contribution in [-0.4, -0.2) is 16.9 Å². The first-order valence-electron chi connectivity index (χ1n) is 11.4. The fraction of sp³-hybridized carbons (Fsp3) is 0.600. The molecule has 0 aromatic heterocycles. The number of nitrogens with one attached hydrogen (secondary N) is 1. The van der Waals surface area contributed by atoms with Gasteiger partial charge in [0.1, 0.15) is 5.75 Å². The number of carbonyl (C=O) groups excluding carboxylic acids is 2. The molecular formula is C25H39NO3. The van der Waals surface area contributed by atoms with Crippen molar-refractivity contribution < 1.29 is 14.7 Å². The molecule has 1 rings (SSSR count). The molecule has 0 unspecified atom stereocenters. The van der Waals surface area contributed by atoms with Gasteiger partial charge < -0.3 is 5.11 Å². The Bertz CT molecular complexity index is 610. The predicted molar refractivity (Wildman–Crippen MR) is 120 cm³/mol. The second-order valence-electron chi connectivity index (χ2n) is 7.73. The smallest absolute Gasteiger partial charge is 0.261 e. The third kappa shape index (κ3) is 12.9. The van der Waals surface area contributed by atoms with Crippen LogP contribution < -0.4 is 5.32 Å². The van der Waals surface area contributed by atoms with Gasteiger partial charge >= 0.3 is 0 Å². The summed E-state index contributed by atoms with van der Waals surface area (Å²) < 4.78 is 0. The van der Waals surface area contributed by atoms with Crippen LogP contribution in [0, 0.1) is 0 Å². The number of rotatable bonds is 16. The molecular weight excluding hydrogens is 362 g/mol. The van der Waals surface area contributed by atoms with Crippen molar-refractivity contribution in [2.24, 2.45) is 0 Å². The van der Waals surface area contributed by atoms with E-state index < -0.39 is 5.91 Å². The highest BCUT2D eigenvalue weighted by atomic mass is 16.3. The van der Waals surface area contributed by atoms with E-state index in [1.165, 1.54) is 69.9 Å². The summed E-state index contributed by atoms with van der Waals surface area (Å²) in [6.45, 7) is 2.25. The van der Waals surface area contributed by atoms with Crippen LogP contribution in [0.15, 0.2) is 36.4 Å². The molecule has 162 valence electrons. The van der Waals surface area contributed by atoms with Crippen LogP contribution in [-0.2, 0) is 4.79 Å². The van der Waals surface area contributed by atoms with Crippen LogP contribution in [0.1, 0.15) is 107 Å². The fourth-order valence-electron chi connectivity index (χ4n) is 3.28. The Morgan fingerprint density at radius 2 is 1.38 bits per heavy atom. The number of hydrogen-bond donors (Lipinski definition) is 2. The van der Waals surface area contributed by atoms with Gasteiger partial charge in [-0.3, -0.25) is 14.9 Å². The van der Waals surface area contributed by atoms with E-state index in [0.29, 0.717) is 6.42 Å². The molecule has 0 bridgehead atoms. The lowest BCUT2D eigenvalue weighted by atomic mass is 10.1. The number of allylic oxidation sites excluding steroid dienone is 2. The molecule has 0 spiro atoms. The summed E-state index contributed by atoms with van der Waals surface area (Å²) in [6.07, 6.45) is 20.7. The molecule has 0 aliphatic rings. The third-order valence-electron chi connectivity index (χ3n) is 5.07. The molecule has 0 atom stereocenters. The average Bonchev–Trinajstić information content (AvgIpc) is 2.71. The van der Waals surface area contributed by atoms with E-state index in [9.17, 15) is 14.7 Å². The molecule has 0 aliphatic heterocycles. The fourth-order valence-corrected chi connectivity index (χ4v) is 3.28. The standard InChI is InChI=1S/C25H39NO3/c1-2-3-4-5-6-7-8-9-10-11-12-13-14-15-16-21-24(28)26-25(29)22-19-17-18-20-23(22)27/h9-10,17-20,27H,2-8,11-16,21H2,1H3,(H,26,28,29). The Kier molecular flexibility index (Phi) is 14.5. The van der Waals surface area contributed by atoms with E-state index in [2.05, 4.69) is 24.4 Å². The molecule has 0 aliphatic carbocycles. The normalized spacial score (nSPS) is 11.1. The van der Waals surface area contributed by atoms with Gasteiger partial charge in [-0.1, -0.05) is 82.6 Å². The first-order chi connectivity index (χ1) is 14.1. The molecule has 1 aromatic carbocycles. The van der Waals surface area contributed by atoms with Gasteiger partial charge in [0, 0.05) is 6.42 Å². The Morgan fingerprint density at radius 3 is 2.00 bits per heavy atom. The van der Waals surface area contributed by atoms with E-state index in [-0.39, 0.29) is 17.2 Å². The first-order valence-corrected chi connectivity index (χ1v) is 11.4. The molecule has 2 N–H and O–H groups in total. The summed E-state index contributed by atoms with van der Waals surface area (Å²) >= 11 is 0. The van der Waals surface area contributed by atoms with Crippen molar-refractivity contribution in [3.8, 4) is 5.75 Å². The highest BCUT2D eigenvalue weighted by Crippen LogP contribution is 2.15. The number of unbranched alkanes of at least 4 members (excludes halogenated alkanes) is 11. The Labute approximate surface area is 176 Å². The summed E-state index contributed by atoms with van der Waals surface area (Å²) in [5.41, 5.74) is 0.130. The average molecular weight is 402 g/mol. The minimum atomic E-state index is -0.541. The van der Waals surface area contributed by atoms with Crippen molar-refractivity contribution in [1.82, 2.24) is 5.32 Å². The third-order valence-corrected chi connectivity index (χ3v) is 5.07. The largest absolute Gasteiger partial charge is 0.507 e. The van der Waals surface area contributed by atoms with Crippen molar-refractivity contribution >= 4 is 11.8 Å². The van der Waals surface area contributed by atoms with Gasteiger partial charge in [0.25, 0.3) is 5.91 Å². The first kappa shape index (κ1) is 24.9. The van der Waals surface area contributed by atoms with E-state index in [1.54, 1.807) is 12.1 Å². The summed E-state index contributed by atoms with van der Waals surface area (Å²) in [5, 5.41) is 12.0. The number of imide groups is 1. The number of hydrogen-bond acceptors (Lipinski definition) is 3. The summed E-state index contributed by atoms with van der Waals surface area (Å²) in [7, 11) is 0. The number of aromatic hydroxyl groups is 1. The van der Waals surface area contributed by atoms with E-state index >= 15 is 0 Å². The maximum atomic E-state index is 11.9. The Morgan fingerprint density at radius 1 is 0.828 bits per heavy atom. The maximum Gasteiger partial charge on any atom is 0.261 e. The highest BCUT2D eigenvalue weighted by Gasteiger charge is 2.13. The monoisotopic (exact) mass is 401 g/mol. The SMILES string of the molecule is CCCCCCCCC=CCCCCCCCC(=O)NC(=O)c1ccccc1O. The zero-order chi connectivity index (χ0) is 21.2. The summed E-state index contributed by atoms with van der Waals surface area (Å²) in [5.74, 6) is -0.935. The van der Waals surface area contributed by atoms with E-state index in [4.69, 9.17) is 0 Å². The van der Waals surface area contributed by atoms with Crippen molar-refractivity contribution in [2.75, 3.05) is 0 Å². The van der Waals surface area contributed by atoms with Crippen LogP contribution in [0.2, 0.25) is 0 Å². The summed E-state index contributed by atoms with van der Waals surface area (Å²) in [4.78, 5) is 23.8. The van der Waals surface area contributed by atoms with Crippen LogP contribution >= 0.6 is 0 Å². The molecule has 0 radical (unpaired) electrons. The molecule has 1 aromatic rings. The van der Waals surface area contributed by atoms with Gasteiger partial charge in [-0.25, -0.2) is 0 Å². The van der Waals surface area contributed by atoms with Gasteiger partial charge in [-0.15, -0.1) is 0 Å². The quantitative estimate of drug-likeness (QED) is 0.240. The Balaban J connectivity index is 1.94. The van der Waals surface area contributed by atoms with Crippen molar-refractivity contribution in [1.29, 1.82) is 0 Å². The molecule has 2 amide bonds. The lowest BCUT2D eigenvalue weighted by Gasteiger charge is -2.05. The van der Waals surface area contributed by atoms with Crippen LogP contribution in [0.25, 0.3) is 0 Å². The second kappa shape index (κ2) is 16.8. The lowest BCUT2D eigenvalue weighted by molar-refractivity contribution is -0.120. The van der Waals surface area contributed by atoms with Crippen molar-refractivity contribution in [3.63, 3.8) is 0 Å². The van der Waals surface area contributed by atoms with Gasteiger partial charge in [0.2, 0.25) is 5.91 Å². The molecule has 29 heavy (non-hydrogen) atoms. The highest BCUT2D eigenvalue weighted by molar-refractivity contribution is 6.06. The lowest BCUT2D eigenvalue weighted by Crippen LogP contribution is -2.30. The number of amides is 2. The number of benzene rings is 1. The molecule has 4 heteroatoms. The molecule has 0 saturated carbocycles. The van der Waals surface area contributed by atoms with Crippen LogP contribution in [0.3, 0.4) is 0 Å². The predicted octanol–water partition coefficient (Wildman–Crippen LogP) is 6.69. The van der Waals surface area contributed by atoms with Crippen LogP contribution in [0.4, 0.5) is 0 Å². The molecule has 0 fully saturated rings. The van der Waals surface area contributed by atoms with Crippen molar-refractivity contribution in [2.45, 2.75) is 96.8 Å². The van der Waals surface area contributed by atoms with E-state index in [1.807, 2.05) is 0 Å². The summed E-state index contributed by atoms with van der Waals surface area (Å²) in [6, 6.07) is 6.23. The zero-order valence-corrected chi connectivity index (χ0v) is 18.1. The molecule has 0 heterocycles.